The fourth-order valence-electron chi connectivity index (χ4n) is 4.65. The molecule has 4 nitrogen and oxygen atoms in total. The van der Waals surface area contributed by atoms with Gasteiger partial charge < -0.3 is 9.47 Å². The Labute approximate surface area is 147 Å². The lowest BCUT2D eigenvalue weighted by molar-refractivity contribution is -0.135. The molecule has 3 aliphatic rings. The van der Waals surface area contributed by atoms with Gasteiger partial charge in [-0.3, -0.25) is 9.59 Å². The number of hydrogen-bond donors (Lipinski definition) is 0. The highest BCUT2D eigenvalue weighted by molar-refractivity contribution is 5.81. The maximum Gasteiger partial charge on any atom is 0.250 e. The van der Waals surface area contributed by atoms with Crippen LogP contribution in [-0.4, -0.2) is 28.5 Å². The maximum atomic E-state index is 12.6. The van der Waals surface area contributed by atoms with Crippen molar-refractivity contribution in [1.29, 1.82) is 0 Å². The van der Waals surface area contributed by atoms with Crippen molar-refractivity contribution in [1.82, 2.24) is 9.47 Å². The monoisotopic (exact) mass is 334 g/mol. The third kappa shape index (κ3) is 2.51. The predicted molar refractivity (Wildman–Crippen MR) is 96.3 cm³/mol. The Kier molecular flexibility index (Phi) is 3.34. The highest BCUT2D eigenvalue weighted by Gasteiger charge is 2.41. The van der Waals surface area contributed by atoms with Crippen LogP contribution in [0.5, 0.6) is 0 Å². The molecule has 128 valence electrons. The molecule has 2 fully saturated rings. The quantitative estimate of drug-likeness (QED) is 0.847. The second kappa shape index (κ2) is 5.58. The topological polar surface area (TPSA) is 42.3 Å². The van der Waals surface area contributed by atoms with Gasteiger partial charge in [-0.15, -0.1) is 0 Å². The van der Waals surface area contributed by atoms with Gasteiger partial charge in [-0.1, -0.05) is 30.3 Å². The zero-order valence-electron chi connectivity index (χ0n) is 14.2. The third-order valence-electron chi connectivity index (χ3n) is 5.91. The van der Waals surface area contributed by atoms with Gasteiger partial charge >= 0.3 is 0 Å². The minimum atomic E-state index is 0.0892. The molecule has 2 atom stereocenters. The van der Waals surface area contributed by atoms with Gasteiger partial charge in [0.2, 0.25) is 5.91 Å². The molecule has 1 aromatic carbocycles. The van der Waals surface area contributed by atoms with Gasteiger partial charge in [0.1, 0.15) is 0 Å². The molecule has 4 heteroatoms. The molecule has 25 heavy (non-hydrogen) atoms. The van der Waals surface area contributed by atoms with Crippen LogP contribution in [0.2, 0.25) is 0 Å². The summed E-state index contributed by atoms with van der Waals surface area (Å²) >= 11 is 0. The summed E-state index contributed by atoms with van der Waals surface area (Å²) < 4.78 is 1.97. The van der Waals surface area contributed by atoms with Crippen LogP contribution in [0.1, 0.15) is 30.9 Å². The van der Waals surface area contributed by atoms with Crippen molar-refractivity contribution in [3.05, 3.63) is 58.5 Å². The van der Waals surface area contributed by atoms with E-state index in [9.17, 15) is 9.59 Å². The molecule has 2 bridgehead atoms. The minimum Gasteiger partial charge on any atom is -0.341 e. The molecule has 0 N–H and O–H groups in total. The van der Waals surface area contributed by atoms with E-state index in [-0.39, 0.29) is 17.4 Å². The minimum absolute atomic E-state index is 0.0892. The average Bonchev–Trinajstić information content (AvgIpc) is 3.48. The predicted octanol–water partition coefficient (Wildman–Crippen LogP) is 2.87. The SMILES string of the molecule is O=C(C1CC1)N1CC2CC(C1)c1c(-c3ccccc3)ccc(=O)n1C2. The van der Waals surface area contributed by atoms with Crippen LogP contribution in [0.15, 0.2) is 47.3 Å². The van der Waals surface area contributed by atoms with E-state index in [1.165, 1.54) is 0 Å². The van der Waals surface area contributed by atoms with E-state index in [1.54, 1.807) is 6.07 Å². The molecule has 1 aromatic heterocycles. The fourth-order valence-corrected chi connectivity index (χ4v) is 4.65. The number of pyridine rings is 1. The largest absolute Gasteiger partial charge is 0.341 e. The number of amides is 1. The van der Waals surface area contributed by atoms with Crippen molar-refractivity contribution in [2.45, 2.75) is 31.7 Å². The molecule has 3 heterocycles. The van der Waals surface area contributed by atoms with Crippen molar-refractivity contribution in [2.24, 2.45) is 11.8 Å². The number of likely N-dealkylation sites (tertiary alicyclic amines) is 1. The van der Waals surface area contributed by atoms with E-state index in [0.717, 1.165) is 55.7 Å². The van der Waals surface area contributed by atoms with E-state index in [4.69, 9.17) is 0 Å². The standard InChI is InChI=1S/C21H22N2O2/c24-19-9-8-18(15-4-2-1-3-5-15)20-17-10-14(12-23(19)20)11-22(13-17)21(25)16-6-7-16/h1-5,8-9,14,16-17H,6-7,10-13H2. The summed E-state index contributed by atoms with van der Waals surface area (Å²) in [5.41, 5.74) is 3.51. The van der Waals surface area contributed by atoms with Crippen molar-refractivity contribution >= 4 is 5.91 Å². The zero-order valence-corrected chi connectivity index (χ0v) is 14.2. The molecule has 1 aliphatic carbocycles. The summed E-state index contributed by atoms with van der Waals surface area (Å²) in [7, 11) is 0. The van der Waals surface area contributed by atoms with E-state index in [2.05, 4.69) is 17.0 Å². The van der Waals surface area contributed by atoms with Crippen LogP contribution in [0.25, 0.3) is 11.1 Å². The highest BCUT2D eigenvalue weighted by atomic mass is 16.2. The number of carbonyl (C=O) groups is 1. The Hall–Kier alpha value is -2.36. The summed E-state index contributed by atoms with van der Waals surface area (Å²) in [5.74, 6) is 1.27. The number of aromatic nitrogens is 1. The second-order valence-electron chi connectivity index (χ2n) is 7.76. The lowest BCUT2D eigenvalue weighted by Gasteiger charge is -2.43. The second-order valence-corrected chi connectivity index (χ2v) is 7.76. The number of fused-ring (bicyclic) bond motifs is 4. The van der Waals surface area contributed by atoms with Crippen LogP contribution < -0.4 is 5.56 Å². The molecule has 2 aromatic rings. The summed E-state index contributed by atoms with van der Waals surface area (Å²) in [6.45, 7) is 2.31. The number of nitrogens with zero attached hydrogens (tertiary/aromatic N) is 2. The third-order valence-corrected chi connectivity index (χ3v) is 5.91. The summed E-state index contributed by atoms with van der Waals surface area (Å²) in [6, 6.07) is 13.9. The molecule has 1 amide bonds. The van der Waals surface area contributed by atoms with Crippen LogP contribution in [0.4, 0.5) is 0 Å². The Morgan fingerprint density at radius 1 is 0.960 bits per heavy atom. The molecule has 1 saturated heterocycles. The molecular formula is C21H22N2O2. The van der Waals surface area contributed by atoms with E-state index < -0.39 is 0 Å². The lowest BCUT2D eigenvalue weighted by atomic mass is 9.80. The van der Waals surface area contributed by atoms with Crippen LogP contribution >= 0.6 is 0 Å². The van der Waals surface area contributed by atoms with Gasteiger partial charge in [0.25, 0.3) is 5.56 Å². The molecule has 0 spiro atoms. The Balaban J connectivity index is 1.58. The number of piperidine rings is 1. The zero-order chi connectivity index (χ0) is 17.0. The maximum absolute atomic E-state index is 12.6. The lowest BCUT2D eigenvalue weighted by Crippen LogP contribution is -2.49. The first-order valence-electron chi connectivity index (χ1n) is 9.28. The van der Waals surface area contributed by atoms with E-state index in [0.29, 0.717) is 11.8 Å². The number of carbonyl (C=O) groups excluding carboxylic acids is 1. The average molecular weight is 334 g/mol. The van der Waals surface area contributed by atoms with E-state index in [1.807, 2.05) is 28.8 Å². The van der Waals surface area contributed by atoms with Gasteiger partial charge in [0.05, 0.1) is 0 Å². The number of rotatable bonds is 2. The van der Waals surface area contributed by atoms with Crippen molar-refractivity contribution in [3.8, 4) is 11.1 Å². The van der Waals surface area contributed by atoms with Gasteiger partial charge in [0, 0.05) is 48.8 Å². The summed E-state index contributed by atoms with van der Waals surface area (Å²) in [6.07, 6.45) is 3.18. The van der Waals surface area contributed by atoms with Crippen LogP contribution in [-0.2, 0) is 11.3 Å². The highest BCUT2D eigenvalue weighted by Crippen LogP contribution is 2.41. The van der Waals surface area contributed by atoms with Gasteiger partial charge in [-0.05, 0) is 36.8 Å². The normalized spacial score (nSPS) is 24.7. The van der Waals surface area contributed by atoms with E-state index >= 15 is 0 Å². The summed E-state index contributed by atoms with van der Waals surface area (Å²) in [5, 5.41) is 0. The van der Waals surface area contributed by atoms with Crippen LogP contribution in [0.3, 0.4) is 0 Å². The van der Waals surface area contributed by atoms with Crippen molar-refractivity contribution in [2.75, 3.05) is 13.1 Å². The molecule has 5 rings (SSSR count). The van der Waals surface area contributed by atoms with Crippen molar-refractivity contribution < 1.29 is 4.79 Å². The summed E-state index contributed by atoms with van der Waals surface area (Å²) in [4.78, 5) is 27.2. The molecular weight excluding hydrogens is 312 g/mol. The Morgan fingerprint density at radius 3 is 2.52 bits per heavy atom. The first kappa shape index (κ1) is 14.9. The smallest absolute Gasteiger partial charge is 0.250 e. The Bertz CT molecular complexity index is 883. The van der Waals surface area contributed by atoms with Gasteiger partial charge in [-0.25, -0.2) is 0 Å². The van der Waals surface area contributed by atoms with Crippen LogP contribution in [0, 0.1) is 11.8 Å². The Morgan fingerprint density at radius 2 is 1.76 bits per heavy atom. The van der Waals surface area contributed by atoms with Crippen molar-refractivity contribution in [3.63, 3.8) is 0 Å². The number of hydrogen-bond acceptors (Lipinski definition) is 2. The van der Waals surface area contributed by atoms with Gasteiger partial charge in [-0.2, -0.15) is 0 Å². The first-order chi connectivity index (χ1) is 12.2. The first-order valence-corrected chi connectivity index (χ1v) is 9.28. The molecule has 0 radical (unpaired) electrons. The number of benzene rings is 1. The molecule has 1 saturated carbocycles. The fraction of sp³-hybridized carbons (Fsp3) is 0.429. The van der Waals surface area contributed by atoms with Gasteiger partial charge in [0.15, 0.2) is 0 Å². The molecule has 2 unspecified atom stereocenters. The molecule has 2 aliphatic heterocycles.